The van der Waals surface area contributed by atoms with Crippen LogP contribution < -0.4 is 25.7 Å². The van der Waals surface area contributed by atoms with Crippen molar-refractivity contribution in [3.8, 4) is 5.75 Å². The molecule has 1 fully saturated rings. The van der Waals surface area contributed by atoms with Crippen molar-refractivity contribution in [3.05, 3.63) is 137 Å². The summed E-state index contributed by atoms with van der Waals surface area (Å²) < 4.78 is 26.8. The summed E-state index contributed by atoms with van der Waals surface area (Å²) in [5.41, 5.74) is 3.32. The van der Waals surface area contributed by atoms with Crippen LogP contribution in [0.4, 0.5) is 10.6 Å². The molecule has 1 radical (unpaired) electrons. The largest absolute Gasteiger partial charge is 0.496 e. The SMILES string of the molecule is CCC[C@@H](CCO[Si](c1ccccc1)(c1ccccc1)C(C)(C)C)Nc1n[c]nc2c(Br)nn(Cc3ccc(C4(NC(=O)OCc5ccccc5)COC4)cc3OC)c12. The maximum Gasteiger partial charge on any atom is 0.408 e. The summed E-state index contributed by atoms with van der Waals surface area (Å²) in [4.78, 5) is 22.1. The number of halogens is 1. The lowest BCUT2D eigenvalue weighted by Gasteiger charge is -2.43. The van der Waals surface area contributed by atoms with E-state index in [2.05, 4.69) is 131 Å². The summed E-state index contributed by atoms with van der Waals surface area (Å²) >= 11 is 3.65. The molecule has 3 heterocycles. The van der Waals surface area contributed by atoms with Crippen LogP contribution in [0.2, 0.25) is 5.04 Å². The van der Waals surface area contributed by atoms with E-state index in [1.807, 2.05) is 53.2 Å². The third kappa shape index (κ3) is 9.08. The predicted octanol–water partition coefficient (Wildman–Crippen LogP) is 8.15. The van der Waals surface area contributed by atoms with Crippen molar-refractivity contribution in [1.29, 1.82) is 0 Å². The molecule has 59 heavy (non-hydrogen) atoms. The highest BCUT2D eigenvalue weighted by Crippen LogP contribution is 2.38. The molecule has 1 atom stereocenters. The van der Waals surface area contributed by atoms with Crippen LogP contribution in [0.5, 0.6) is 5.75 Å². The molecule has 0 bridgehead atoms. The Morgan fingerprint density at radius 3 is 2.20 bits per heavy atom. The molecule has 1 saturated heterocycles. The van der Waals surface area contributed by atoms with Gasteiger partial charge in [-0.1, -0.05) is 137 Å². The Kier molecular flexibility index (Phi) is 13.2. The quantitative estimate of drug-likeness (QED) is 0.0876. The van der Waals surface area contributed by atoms with Crippen LogP contribution in [-0.2, 0) is 32.6 Å². The van der Waals surface area contributed by atoms with Crippen molar-refractivity contribution < 1.29 is 23.4 Å². The molecule has 6 aromatic rings. The average Bonchev–Trinajstić information content (AvgIpc) is 3.55. The third-order valence-electron chi connectivity index (χ3n) is 11.0. The van der Waals surface area contributed by atoms with Crippen LogP contribution in [0, 0.1) is 6.33 Å². The molecule has 7 rings (SSSR count). The number of alkyl carbamates (subject to hydrolysis) is 1. The molecule has 1 aliphatic rings. The summed E-state index contributed by atoms with van der Waals surface area (Å²) in [6.07, 6.45) is 5.01. The summed E-state index contributed by atoms with van der Waals surface area (Å²) in [6, 6.07) is 37.1. The van der Waals surface area contributed by atoms with Crippen LogP contribution in [0.3, 0.4) is 0 Å². The molecular weight excluding hydrogens is 825 g/mol. The highest BCUT2D eigenvalue weighted by molar-refractivity contribution is 9.10. The number of rotatable bonds is 17. The summed E-state index contributed by atoms with van der Waals surface area (Å²) in [5.74, 6) is 1.30. The Morgan fingerprint density at radius 1 is 0.949 bits per heavy atom. The van der Waals surface area contributed by atoms with Gasteiger partial charge in [0.15, 0.2) is 10.4 Å². The standard InChI is InChI=1S/C46H52BrN6O5Si/c1-6-16-36(25-26-58-59(45(2,3)4,37-19-12-8-13-20-37)38-21-14-9-15-22-38)50-43-41-40(48-32-49-43)42(47)52-53(41)28-34-23-24-35(27-39(34)55-5)46(30-56-31-46)51-44(54)57-29-33-17-10-7-11-18-33/h7-15,17-24,27,36H,6,16,25-26,28-31H2,1-5H3,(H,51,54)(H,48,49,50)/t36-/m0/s1. The molecule has 0 aliphatic carbocycles. The predicted molar refractivity (Wildman–Crippen MR) is 237 cm³/mol. The number of hydrogen-bond acceptors (Lipinski definition) is 9. The number of nitrogens with zero attached hydrogens (tertiary/aromatic N) is 4. The fraction of sp³-hybridized carbons (Fsp3) is 0.348. The van der Waals surface area contributed by atoms with Crippen LogP contribution in [0.15, 0.2) is 114 Å². The van der Waals surface area contributed by atoms with Crippen molar-refractivity contribution in [3.63, 3.8) is 0 Å². The molecule has 307 valence electrons. The lowest BCUT2D eigenvalue weighted by Crippen LogP contribution is -2.66. The van der Waals surface area contributed by atoms with E-state index >= 15 is 0 Å². The molecule has 1 amide bonds. The number of amides is 1. The topological polar surface area (TPSA) is 122 Å². The molecule has 4 aromatic carbocycles. The van der Waals surface area contributed by atoms with E-state index in [0.717, 1.165) is 41.5 Å². The van der Waals surface area contributed by atoms with Crippen molar-refractivity contribution in [1.82, 2.24) is 25.1 Å². The van der Waals surface area contributed by atoms with Gasteiger partial charge >= 0.3 is 6.09 Å². The van der Waals surface area contributed by atoms with Gasteiger partial charge in [-0.25, -0.2) is 14.8 Å². The lowest BCUT2D eigenvalue weighted by atomic mass is 9.87. The molecule has 1 aliphatic heterocycles. The van der Waals surface area contributed by atoms with Gasteiger partial charge in [-0.15, -0.1) is 0 Å². The van der Waals surface area contributed by atoms with E-state index in [9.17, 15) is 4.79 Å². The molecular formula is C46H52BrN6O5Si. The van der Waals surface area contributed by atoms with Crippen molar-refractivity contribution >= 4 is 57.6 Å². The number of carbonyl (C=O) groups is 1. The Hall–Kier alpha value is -5.08. The summed E-state index contributed by atoms with van der Waals surface area (Å²) in [7, 11) is -1.06. The maximum atomic E-state index is 12.9. The van der Waals surface area contributed by atoms with Gasteiger partial charge in [-0.3, -0.25) is 4.68 Å². The van der Waals surface area contributed by atoms with Gasteiger partial charge in [0.2, 0.25) is 6.33 Å². The van der Waals surface area contributed by atoms with E-state index in [0.29, 0.717) is 48.1 Å². The highest BCUT2D eigenvalue weighted by Gasteiger charge is 2.50. The first kappa shape index (κ1) is 42.1. The second-order valence-electron chi connectivity index (χ2n) is 16.0. The van der Waals surface area contributed by atoms with Crippen LogP contribution in [0.1, 0.15) is 63.6 Å². The fourth-order valence-corrected chi connectivity index (χ4v) is 13.0. The zero-order valence-corrected chi connectivity index (χ0v) is 36.9. The number of carbonyl (C=O) groups excluding carboxylic acids is 1. The number of ether oxygens (including phenoxy) is 3. The minimum absolute atomic E-state index is 0.0634. The second kappa shape index (κ2) is 18.5. The first-order valence-corrected chi connectivity index (χ1v) is 22.8. The van der Waals surface area contributed by atoms with Gasteiger partial charge in [0.25, 0.3) is 8.32 Å². The van der Waals surface area contributed by atoms with Gasteiger partial charge < -0.3 is 29.3 Å². The van der Waals surface area contributed by atoms with Crippen molar-refractivity contribution in [2.75, 3.05) is 32.2 Å². The monoisotopic (exact) mass is 875 g/mol. The number of benzene rings is 4. The number of fused-ring (bicyclic) bond motifs is 1. The number of aromatic nitrogens is 4. The van der Waals surface area contributed by atoms with Gasteiger partial charge in [-0.2, -0.15) is 5.10 Å². The van der Waals surface area contributed by atoms with Gasteiger partial charge in [0, 0.05) is 18.2 Å². The zero-order valence-electron chi connectivity index (χ0n) is 34.3. The minimum atomic E-state index is -2.70. The van der Waals surface area contributed by atoms with Gasteiger partial charge in [0.05, 0.1) is 26.9 Å². The van der Waals surface area contributed by atoms with Crippen LogP contribution in [-0.4, -0.2) is 67.1 Å². The third-order valence-corrected chi connectivity index (χ3v) is 16.6. The minimum Gasteiger partial charge on any atom is -0.496 e. The highest BCUT2D eigenvalue weighted by atomic mass is 79.9. The Labute approximate surface area is 356 Å². The van der Waals surface area contributed by atoms with Crippen molar-refractivity contribution in [2.24, 2.45) is 0 Å². The molecule has 0 spiro atoms. The smallest absolute Gasteiger partial charge is 0.408 e. The number of nitrogens with one attached hydrogen (secondary N) is 2. The molecule has 0 saturated carbocycles. The summed E-state index contributed by atoms with van der Waals surface area (Å²) in [6.45, 7) is 10.9. The number of methoxy groups -OCH3 is 1. The van der Waals surface area contributed by atoms with E-state index in [1.165, 1.54) is 10.4 Å². The molecule has 0 unspecified atom stereocenters. The molecule has 11 nitrogen and oxygen atoms in total. The number of hydrogen-bond donors (Lipinski definition) is 2. The fourth-order valence-electron chi connectivity index (χ4n) is 8.00. The van der Waals surface area contributed by atoms with Gasteiger partial charge in [0.1, 0.15) is 28.9 Å². The van der Waals surface area contributed by atoms with Crippen LogP contribution >= 0.6 is 15.9 Å². The maximum absolute atomic E-state index is 12.9. The number of anilines is 1. The van der Waals surface area contributed by atoms with Gasteiger partial charge in [-0.05, 0) is 61.4 Å². The average molecular weight is 877 g/mol. The molecule has 2 aromatic heterocycles. The normalized spacial score (nSPS) is 14.3. The zero-order chi connectivity index (χ0) is 41.5. The van der Waals surface area contributed by atoms with E-state index < -0.39 is 19.9 Å². The first-order valence-electron chi connectivity index (χ1n) is 20.1. The van der Waals surface area contributed by atoms with E-state index in [-0.39, 0.29) is 17.7 Å². The van der Waals surface area contributed by atoms with Crippen molar-refractivity contribution in [2.45, 2.75) is 76.7 Å². The summed E-state index contributed by atoms with van der Waals surface area (Å²) in [5, 5.41) is 14.1. The Bertz CT molecular complexity index is 2280. The lowest BCUT2D eigenvalue weighted by molar-refractivity contribution is -0.0763. The Balaban J connectivity index is 1.10. The molecule has 13 heteroatoms. The van der Waals surface area contributed by atoms with E-state index in [1.54, 1.807) is 7.11 Å². The van der Waals surface area contributed by atoms with Crippen LogP contribution in [0.25, 0.3) is 11.0 Å². The first-order chi connectivity index (χ1) is 28.6. The second-order valence-corrected chi connectivity index (χ2v) is 21.1. The Morgan fingerprint density at radius 2 is 1.61 bits per heavy atom. The molecule has 2 N–H and O–H groups in total. The van der Waals surface area contributed by atoms with E-state index in [4.69, 9.17) is 23.7 Å².